The first-order valence-electron chi connectivity index (χ1n) is 7.59. The van der Waals surface area contributed by atoms with Crippen molar-refractivity contribution in [2.45, 2.75) is 45.6 Å². The van der Waals surface area contributed by atoms with Crippen molar-refractivity contribution in [2.24, 2.45) is 5.92 Å². The predicted molar refractivity (Wildman–Crippen MR) is 77.4 cm³/mol. The molecule has 2 fully saturated rings. The van der Waals surface area contributed by atoms with Gasteiger partial charge in [0.1, 0.15) is 11.6 Å². The Morgan fingerprint density at radius 3 is 2.70 bits per heavy atom. The highest BCUT2D eigenvalue weighted by atomic mass is 16.1. The number of anilines is 1. The number of hydrogen-bond acceptors (Lipinski definition) is 4. The average molecular weight is 274 g/mol. The third kappa shape index (κ3) is 2.92. The number of carbonyl (C=O) groups is 1. The smallest absolute Gasteiger partial charge is 0.223 e. The summed E-state index contributed by atoms with van der Waals surface area (Å²) in [5.74, 6) is 2.10. The lowest BCUT2D eigenvalue weighted by atomic mass is 9.85. The molecule has 20 heavy (non-hydrogen) atoms. The van der Waals surface area contributed by atoms with Gasteiger partial charge in [-0.15, -0.1) is 0 Å². The minimum Gasteiger partial charge on any atom is -0.357 e. The molecule has 0 radical (unpaired) electrons. The van der Waals surface area contributed by atoms with Gasteiger partial charge in [-0.1, -0.05) is 6.42 Å². The second kappa shape index (κ2) is 5.77. The van der Waals surface area contributed by atoms with Crippen molar-refractivity contribution in [2.75, 3.05) is 18.0 Å². The van der Waals surface area contributed by atoms with Crippen LogP contribution in [0.5, 0.6) is 0 Å². The molecule has 1 saturated carbocycles. The molecule has 0 aromatic carbocycles. The van der Waals surface area contributed by atoms with E-state index in [0.29, 0.717) is 6.54 Å². The first-order chi connectivity index (χ1) is 9.72. The molecule has 2 aliphatic rings. The van der Waals surface area contributed by atoms with Gasteiger partial charge in [-0.05, 0) is 32.6 Å². The first-order valence-corrected chi connectivity index (χ1v) is 7.59. The first kappa shape index (κ1) is 13.3. The van der Waals surface area contributed by atoms with E-state index >= 15 is 0 Å². The SMILES string of the molecule is Cc1cc(N2CCCC2)nc(CNC(=O)C2CCC2)n1. The molecular formula is C15H22N4O. The van der Waals surface area contributed by atoms with Gasteiger partial charge in [-0.25, -0.2) is 9.97 Å². The van der Waals surface area contributed by atoms with Crippen LogP contribution < -0.4 is 10.2 Å². The summed E-state index contributed by atoms with van der Waals surface area (Å²) in [6.07, 6.45) is 5.70. The molecule has 1 aromatic rings. The summed E-state index contributed by atoms with van der Waals surface area (Å²) in [6.45, 7) is 4.57. The lowest BCUT2D eigenvalue weighted by molar-refractivity contribution is -0.127. The zero-order valence-corrected chi connectivity index (χ0v) is 12.1. The molecule has 1 aromatic heterocycles. The molecule has 2 heterocycles. The lowest BCUT2D eigenvalue weighted by Crippen LogP contribution is -2.34. The van der Waals surface area contributed by atoms with Gasteiger partial charge in [-0.3, -0.25) is 4.79 Å². The van der Waals surface area contributed by atoms with Crippen molar-refractivity contribution < 1.29 is 4.79 Å². The summed E-state index contributed by atoms with van der Waals surface area (Å²) >= 11 is 0. The second-order valence-corrected chi connectivity index (χ2v) is 5.82. The largest absolute Gasteiger partial charge is 0.357 e. The molecule has 0 spiro atoms. The van der Waals surface area contributed by atoms with Gasteiger partial charge in [0.15, 0.2) is 0 Å². The van der Waals surface area contributed by atoms with Gasteiger partial charge >= 0.3 is 0 Å². The molecule has 5 nitrogen and oxygen atoms in total. The highest BCUT2D eigenvalue weighted by Crippen LogP contribution is 2.26. The van der Waals surface area contributed by atoms with Gasteiger partial charge in [0.25, 0.3) is 0 Å². The second-order valence-electron chi connectivity index (χ2n) is 5.82. The van der Waals surface area contributed by atoms with Crippen molar-refractivity contribution >= 4 is 11.7 Å². The Kier molecular flexibility index (Phi) is 3.85. The van der Waals surface area contributed by atoms with Crippen LogP contribution in [-0.2, 0) is 11.3 Å². The lowest BCUT2D eigenvalue weighted by Gasteiger charge is -2.24. The van der Waals surface area contributed by atoms with Crippen LogP contribution in [0.1, 0.15) is 43.6 Å². The normalized spacial score (nSPS) is 18.9. The molecule has 1 N–H and O–H groups in total. The molecule has 0 bridgehead atoms. The summed E-state index contributed by atoms with van der Waals surface area (Å²) in [7, 11) is 0. The van der Waals surface area contributed by atoms with Crippen LogP contribution in [0.15, 0.2) is 6.07 Å². The fourth-order valence-electron chi connectivity index (χ4n) is 2.78. The van der Waals surface area contributed by atoms with E-state index in [-0.39, 0.29) is 11.8 Å². The van der Waals surface area contributed by atoms with Crippen molar-refractivity contribution in [3.8, 4) is 0 Å². The molecule has 1 saturated heterocycles. The number of carbonyl (C=O) groups excluding carboxylic acids is 1. The Balaban J connectivity index is 1.64. The van der Waals surface area contributed by atoms with Crippen LogP contribution in [0.25, 0.3) is 0 Å². The molecule has 5 heteroatoms. The van der Waals surface area contributed by atoms with E-state index in [4.69, 9.17) is 0 Å². The van der Waals surface area contributed by atoms with Gasteiger partial charge in [0.2, 0.25) is 5.91 Å². The Morgan fingerprint density at radius 2 is 2.05 bits per heavy atom. The fraction of sp³-hybridized carbons (Fsp3) is 0.667. The molecule has 1 aliphatic heterocycles. The predicted octanol–water partition coefficient (Wildman–Crippen LogP) is 1.80. The van der Waals surface area contributed by atoms with Crippen LogP contribution in [0.4, 0.5) is 5.82 Å². The summed E-state index contributed by atoms with van der Waals surface area (Å²) in [5.41, 5.74) is 0.967. The van der Waals surface area contributed by atoms with Crippen LogP contribution in [-0.4, -0.2) is 29.0 Å². The van der Waals surface area contributed by atoms with Crippen molar-refractivity contribution in [1.29, 1.82) is 0 Å². The van der Waals surface area contributed by atoms with E-state index in [1.54, 1.807) is 0 Å². The minimum atomic E-state index is 0.157. The maximum atomic E-state index is 11.8. The number of amides is 1. The molecule has 108 valence electrons. The highest BCUT2D eigenvalue weighted by molar-refractivity contribution is 5.79. The zero-order chi connectivity index (χ0) is 13.9. The van der Waals surface area contributed by atoms with Crippen LogP contribution in [0.2, 0.25) is 0 Å². The van der Waals surface area contributed by atoms with Crippen LogP contribution in [0, 0.1) is 12.8 Å². The van der Waals surface area contributed by atoms with Gasteiger partial charge in [0, 0.05) is 30.8 Å². The number of nitrogens with zero attached hydrogens (tertiary/aromatic N) is 3. The molecule has 0 unspecified atom stereocenters. The standard InChI is InChI=1S/C15H22N4O/c1-11-9-14(19-7-2-3-8-19)18-13(17-11)10-16-15(20)12-5-4-6-12/h9,12H,2-8,10H2,1H3,(H,16,20). The Bertz CT molecular complexity index is 493. The van der Waals surface area contributed by atoms with Crippen molar-refractivity contribution in [1.82, 2.24) is 15.3 Å². The number of aryl methyl sites for hydroxylation is 1. The Morgan fingerprint density at radius 1 is 1.30 bits per heavy atom. The van der Waals surface area contributed by atoms with Crippen LogP contribution in [0.3, 0.4) is 0 Å². The number of nitrogens with one attached hydrogen (secondary N) is 1. The molecule has 3 rings (SSSR count). The Hall–Kier alpha value is -1.65. The minimum absolute atomic E-state index is 0.157. The monoisotopic (exact) mass is 274 g/mol. The number of aromatic nitrogens is 2. The number of hydrogen-bond donors (Lipinski definition) is 1. The zero-order valence-electron chi connectivity index (χ0n) is 12.1. The fourth-order valence-corrected chi connectivity index (χ4v) is 2.78. The molecule has 0 atom stereocenters. The maximum Gasteiger partial charge on any atom is 0.223 e. The van der Waals surface area contributed by atoms with Gasteiger partial charge in [0.05, 0.1) is 6.54 Å². The summed E-state index contributed by atoms with van der Waals surface area (Å²) in [5, 5.41) is 2.96. The highest BCUT2D eigenvalue weighted by Gasteiger charge is 2.25. The third-order valence-electron chi connectivity index (χ3n) is 4.21. The number of rotatable bonds is 4. The van der Waals surface area contributed by atoms with Crippen molar-refractivity contribution in [3.05, 3.63) is 17.6 Å². The van der Waals surface area contributed by atoms with E-state index in [2.05, 4.69) is 20.2 Å². The van der Waals surface area contributed by atoms with Gasteiger partial charge in [-0.2, -0.15) is 0 Å². The molecule has 1 aliphatic carbocycles. The topological polar surface area (TPSA) is 58.1 Å². The summed E-state index contributed by atoms with van der Waals surface area (Å²) < 4.78 is 0. The quantitative estimate of drug-likeness (QED) is 0.909. The van der Waals surface area contributed by atoms with E-state index in [0.717, 1.165) is 43.3 Å². The van der Waals surface area contributed by atoms with E-state index in [1.165, 1.54) is 19.3 Å². The summed E-state index contributed by atoms with van der Waals surface area (Å²) in [6, 6.07) is 2.03. The maximum absolute atomic E-state index is 11.8. The van der Waals surface area contributed by atoms with E-state index < -0.39 is 0 Å². The van der Waals surface area contributed by atoms with E-state index in [9.17, 15) is 4.79 Å². The molecular weight excluding hydrogens is 252 g/mol. The van der Waals surface area contributed by atoms with Gasteiger partial charge < -0.3 is 10.2 Å². The van der Waals surface area contributed by atoms with Crippen molar-refractivity contribution in [3.63, 3.8) is 0 Å². The van der Waals surface area contributed by atoms with Crippen LogP contribution >= 0.6 is 0 Å². The summed E-state index contributed by atoms with van der Waals surface area (Å²) in [4.78, 5) is 23.2. The van der Waals surface area contributed by atoms with E-state index in [1.807, 2.05) is 13.0 Å². The average Bonchev–Trinajstić information content (AvgIpc) is 2.87. The Labute approximate surface area is 119 Å². The molecule has 1 amide bonds. The third-order valence-corrected chi connectivity index (χ3v) is 4.21.